The summed E-state index contributed by atoms with van der Waals surface area (Å²) in [7, 11) is 0.614. The van der Waals surface area contributed by atoms with E-state index in [4.69, 9.17) is 9.47 Å². The van der Waals surface area contributed by atoms with E-state index in [9.17, 15) is 13.2 Å². The number of nitrogens with one attached hydrogen (secondary N) is 1. The van der Waals surface area contributed by atoms with E-state index in [1.54, 1.807) is 30.3 Å². The molecule has 0 unspecified atom stereocenters. The summed E-state index contributed by atoms with van der Waals surface area (Å²) in [5.41, 5.74) is 1.20. The first-order valence-corrected chi connectivity index (χ1v) is 9.57. The van der Waals surface area contributed by atoms with Gasteiger partial charge in [0.05, 0.1) is 20.8 Å². The predicted octanol–water partition coefficient (Wildman–Crippen LogP) is 2.57. The van der Waals surface area contributed by atoms with Gasteiger partial charge in [-0.3, -0.25) is 4.79 Å². The Labute approximate surface area is 159 Å². The lowest BCUT2D eigenvalue weighted by Gasteiger charge is -2.15. The molecular formula is C19H22N2O5S. The molecule has 2 aromatic carbocycles. The van der Waals surface area contributed by atoms with Crippen molar-refractivity contribution in [2.45, 2.75) is 0 Å². The van der Waals surface area contributed by atoms with Crippen molar-refractivity contribution in [3.8, 4) is 11.5 Å². The summed E-state index contributed by atoms with van der Waals surface area (Å²) in [5, 5.41) is 3.71. The Hall–Kier alpha value is -2.84. The fourth-order valence-electron chi connectivity index (χ4n) is 2.20. The number of carbonyl (C=O) groups excluding carboxylic acids is 1. The number of anilines is 1. The van der Waals surface area contributed by atoms with Crippen LogP contribution in [0.15, 0.2) is 53.9 Å². The number of ether oxygens (including phenoxy) is 2. The molecule has 0 spiro atoms. The summed E-state index contributed by atoms with van der Waals surface area (Å²) in [4.78, 5) is 12.2. The maximum absolute atomic E-state index is 12.3. The highest BCUT2D eigenvalue weighted by Crippen LogP contribution is 2.25. The summed E-state index contributed by atoms with van der Waals surface area (Å²) in [6.45, 7) is -0.332. The number of hydrogen-bond acceptors (Lipinski definition) is 5. The molecule has 0 aromatic heterocycles. The third-order valence-corrected chi connectivity index (χ3v) is 5.15. The number of likely N-dealkylation sites (N-methyl/N-ethyl adjacent to an activating group) is 1. The van der Waals surface area contributed by atoms with Crippen LogP contribution in [0.1, 0.15) is 5.56 Å². The van der Waals surface area contributed by atoms with Crippen LogP contribution in [0.4, 0.5) is 5.69 Å². The third-order valence-electron chi connectivity index (χ3n) is 3.67. The smallest absolute Gasteiger partial charge is 0.239 e. The molecule has 144 valence electrons. The quantitative estimate of drug-likeness (QED) is 0.749. The summed E-state index contributed by atoms with van der Waals surface area (Å²) in [5.74, 6) is 0.539. The van der Waals surface area contributed by atoms with Gasteiger partial charge in [-0.05, 0) is 11.6 Å². The van der Waals surface area contributed by atoms with E-state index in [1.807, 2.05) is 18.2 Å². The van der Waals surface area contributed by atoms with Crippen LogP contribution >= 0.6 is 0 Å². The highest BCUT2D eigenvalue weighted by Gasteiger charge is 2.18. The van der Waals surface area contributed by atoms with Gasteiger partial charge in [0.2, 0.25) is 15.9 Å². The molecule has 27 heavy (non-hydrogen) atoms. The fraction of sp³-hybridized carbons (Fsp3) is 0.211. The van der Waals surface area contributed by atoms with Crippen molar-refractivity contribution < 1.29 is 22.7 Å². The second-order valence-electron chi connectivity index (χ2n) is 5.66. The van der Waals surface area contributed by atoms with Crippen LogP contribution in [0.3, 0.4) is 0 Å². The molecule has 0 aliphatic rings. The highest BCUT2D eigenvalue weighted by atomic mass is 32.2. The minimum Gasteiger partial charge on any atom is -0.497 e. The Kier molecular flexibility index (Phi) is 6.98. The molecule has 0 heterocycles. The Morgan fingerprint density at radius 3 is 2.22 bits per heavy atom. The lowest BCUT2D eigenvalue weighted by Crippen LogP contribution is -2.33. The van der Waals surface area contributed by atoms with Crippen molar-refractivity contribution in [2.24, 2.45) is 0 Å². The van der Waals surface area contributed by atoms with Crippen LogP contribution in [0.2, 0.25) is 0 Å². The standard InChI is InChI=1S/C19H22N2O5S/c1-21(27(23,24)10-9-15-7-5-4-6-8-15)14-19(22)20-16-11-17(25-2)13-18(12-16)26-3/h4-13H,14H2,1-3H3,(H,20,22). The molecule has 1 amide bonds. The molecule has 2 aromatic rings. The number of sulfonamides is 1. The van der Waals surface area contributed by atoms with Crippen molar-refractivity contribution in [3.05, 3.63) is 59.5 Å². The van der Waals surface area contributed by atoms with Gasteiger partial charge in [0, 0.05) is 36.3 Å². The first kappa shape index (κ1) is 20.5. The van der Waals surface area contributed by atoms with Crippen LogP contribution < -0.4 is 14.8 Å². The molecule has 1 N–H and O–H groups in total. The summed E-state index contributed by atoms with van der Waals surface area (Å²) in [6, 6.07) is 13.9. The molecule has 0 saturated carbocycles. The van der Waals surface area contributed by atoms with E-state index >= 15 is 0 Å². The molecule has 0 atom stereocenters. The van der Waals surface area contributed by atoms with Gasteiger partial charge in [-0.15, -0.1) is 0 Å². The van der Waals surface area contributed by atoms with Crippen LogP contribution in [0, 0.1) is 0 Å². The van der Waals surface area contributed by atoms with Crippen molar-refractivity contribution in [1.82, 2.24) is 4.31 Å². The fourth-order valence-corrected chi connectivity index (χ4v) is 3.04. The molecule has 7 nitrogen and oxygen atoms in total. The number of carbonyl (C=O) groups is 1. The first-order valence-electron chi connectivity index (χ1n) is 8.06. The largest absolute Gasteiger partial charge is 0.497 e. The maximum Gasteiger partial charge on any atom is 0.239 e. The van der Waals surface area contributed by atoms with E-state index in [-0.39, 0.29) is 6.54 Å². The number of benzene rings is 2. The third kappa shape index (κ3) is 6.12. The van der Waals surface area contributed by atoms with Crippen LogP contribution in [-0.4, -0.2) is 46.4 Å². The molecule has 0 radical (unpaired) electrons. The first-order chi connectivity index (χ1) is 12.8. The van der Waals surface area contributed by atoms with Crippen LogP contribution in [0.5, 0.6) is 11.5 Å². The van der Waals surface area contributed by atoms with Gasteiger partial charge >= 0.3 is 0 Å². The topological polar surface area (TPSA) is 84.9 Å². The summed E-state index contributed by atoms with van der Waals surface area (Å²) in [6.07, 6.45) is 1.48. The molecule has 8 heteroatoms. The number of amides is 1. The molecule has 0 bridgehead atoms. The van der Waals surface area contributed by atoms with E-state index in [0.717, 1.165) is 15.3 Å². The normalized spacial score (nSPS) is 11.6. The monoisotopic (exact) mass is 390 g/mol. The Morgan fingerprint density at radius 1 is 1.07 bits per heavy atom. The van der Waals surface area contributed by atoms with Crippen LogP contribution in [-0.2, 0) is 14.8 Å². The second kappa shape index (κ2) is 9.20. The average molecular weight is 390 g/mol. The van der Waals surface area contributed by atoms with E-state index in [2.05, 4.69) is 5.32 Å². The second-order valence-corrected chi connectivity index (χ2v) is 7.59. The molecule has 2 rings (SSSR count). The molecule has 0 fully saturated rings. The lowest BCUT2D eigenvalue weighted by molar-refractivity contribution is -0.116. The predicted molar refractivity (Wildman–Crippen MR) is 105 cm³/mol. The van der Waals surface area contributed by atoms with Gasteiger partial charge in [-0.2, -0.15) is 4.31 Å². The van der Waals surface area contributed by atoms with Gasteiger partial charge in [0.25, 0.3) is 0 Å². The van der Waals surface area contributed by atoms with E-state index < -0.39 is 15.9 Å². The highest BCUT2D eigenvalue weighted by molar-refractivity contribution is 7.92. The Morgan fingerprint density at radius 2 is 1.67 bits per heavy atom. The zero-order chi connectivity index (χ0) is 19.9. The van der Waals surface area contributed by atoms with Gasteiger partial charge in [0.1, 0.15) is 11.5 Å². The van der Waals surface area contributed by atoms with Gasteiger partial charge < -0.3 is 14.8 Å². The minimum absolute atomic E-state index is 0.332. The molecule has 0 aliphatic heterocycles. The summed E-state index contributed by atoms with van der Waals surface area (Å²) >= 11 is 0. The number of nitrogens with zero attached hydrogens (tertiary/aromatic N) is 1. The number of methoxy groups -OCH3 is 2. The maximum atomic E-state index is 12.3. The van der Waals surface area contributed by atoms with Crippen molar-refractivity contribution >= 4 is 27.7 Å². The number of hydrogen-bond donors (Lipinski definition) is 1. The zero-order valence-corrected chi connectivity index (χ0v) is 16.2. The molecular weight excluding hydrogens is 368 g/mol. The lowest BCUT2D eigenvalue weighted by atomic mass is 10.2. The Balaban J connectivity index is 2.03. The summed E-state index contributed by atoms with van der Waals surface area (Å²) < 4.78 is 35.9. The molecule has 0 saturated heterocycles. The van der Waals surface area contributed by atoms with Gasteiger partial charge in [-0.1, -0.05) is 30.3 Å². The van der Waals surface area contributed by atoms with E-state index in [1.165, 1.54) is 27.3 Å². The Bertz CT molecular complexity index is 889. The van der Waals surface area contributed by atoms with Crippen molar-refractivity contribution in [3.63, 3.8) is 0 Å². The van der Waals surface area contributed by atoms with E-state index in [0.29, 0.717) is 17.2 Å². The molecule has 0 aliphatic carbocycles. The number of rotatable bonds is 8. The minimum atomic E-state index is -3.73. The van der Waals surface area contributed by atoms with Gasteiger partial charge in [-0.25, -0.2) is 8.42 Å². The van der Waals surface area contributed by atoms with Gasteiger partial charge in [0.15, 0.2) is 0 Å². The van der Waals surface area contributed by atoms with Crippen molar-refractivity contribution in [2.75, 3.05) is 33.1 Å². The zero-order valence-electron chi connectivity index (χ0n) is 15.4. The van der Waals surface area contributed by atoms with Crippen LogP contribution in [0.25, 0.3) is 6.08 Å². The van der Waals surface area contributed by atoms with Crippen molar-refractivity contribution in [1.29, 1.82) is 0 Å². The average Bonchev–Trinajstić information content (AvgIpc) is 2.66. The SMILES string of the molecule is COc1cc(NC(=O)CN(C)S(=O)(=O)C=Cc2ccccc2)cc(OC)c1.